The molecule has 0 fully saturated rings. The molecule has 1 aromatic rings. The highest BCUT2D eigenvalue weighted by molar-refractivity contribution is 5.97. The lowest BCUT2D eigenvalue weighted by Crippen LogP contribution is -2.52. The number of aliphatic hydroxyl groups excluding tert-OH is 1. The second-order valence-corrected chi connectivity index (χ2v) is 7.33. The lowest BCUT2D eigenvalue weighted by Gasteiger charge is -2.32. The van der Waals surface area contributed by atoms with Gasteiger partial charge >= 0.3 is 0 Å². The second kappa shape index (κ2) is 9.57. The Bertz CT molecular complexity index is 598. The first-order valence-corrected chi connectivity index (χ1v) is 9.05. The minimum absolute atomic E-state index is 0.0726. The first kappa shape index (κ1) is 22.0. The van der Waals surface area contributed by atoms with Crippen molar-refractivity contribution in [3.8, 4) is 5.75 Å². The number of hydrogen-bond acceptors (Lipinski definition) is 4. The minimum Gasteiger partial charge on any atom is -0.497 e. The SMILES string of the molecule is CC[C@](C)(CNC(=O)[C@@H](NC(=O)c1ccc(OC)cc1)C(C)C)[C@@H](C)O. The lowest BCUT2D eigenvalue weighted by atomic mass is 9.82. The van der Waals surface area contributed by atoms with Gasteiger partial charge in [0.25, 0.3) is 5.91 Å². The average Bonchev–Trinajstić information content (AvgIpc) is 2.63. The molecule has 1 aromatic carbocycles. The van der Waals surface area contributed by atoms with Gasteiger partial charge in [0.15, 0.2) is 0 Å². The maximum atomic E-state index is 12.6. The fourth-order valence-corrected chi connectivity index (χ4v) is 2.47. The average molecular weight is 364 g/mol. The highest BCUT2D eigenvalue weighted by Crippen LogP contribution is 2.24. The van der Waals surface area contributed by atoms with Crippen molar-refractivity contribution in [3.05, 3.63) is 29.8 Å². The first-order valence-electron chi connectivity index (χ1n) is 9.05. The molecule has 146 valence electrons. The number of nitrogens with one attached hydrogen (secondary N) is 2. The third kappa shape index (κ3) is 5.73. The molecule has 0 saturated carbocycles. The Hall–Kier alpha value is -2.08. The molecule has 2 amide bonds. The number of hydrogen-bond donors (Lipinski definition) is 3. The number of ether oxygens (including phenoxy) is 1. The predicted octanol–water partition coefficient (Wildman–Crippen LogP) is 2.36. The van der Waals surface area contributed by atoms with E-state index < -0.39 is 17.6 Å². The monoisotopic (exact) mass is 364 g/mol. The highest BCUT2D eigenvalue weighted by Gasteiger charge is 2.31. The summed E-state index contributed by atoms with van der Waals surface area (Å²) in [6.45, 7) is 9.74. The van der Waals surface area contributed by atoms with Crippen LogP contribution in [0, 0.1) is 11.3 Å². The Morgan fingerprint density at radius 1 is 1.19 bits per heavy atom. The quantitative estimate of drug-likeness (QED) is 0.628. The summed E-state index contributed by atoms with van der Waals surface area (Å²) >= 11 is 0. The standard InChI is InChI=1S/C20H32N2O4/c1-7-20(5,14(4)23)12-21-19(25)17(13(2)3)22-18(24)15-8-10-16(26-6)11-9-15/h8-11,13-14,17,23H,7,12H2,1-6H3,(H,21,25)(H,22,24)/t14-,17+,20-/m1/s1. The van der Waals surface area contributed by atoms with E-state index in [0.717, 1.165) is 6.42 Å². The van der Waals surface area contributed by atoms with Crippen LogP contribution in [0.3, 0.4) is 0 Å². The molecule has 3 atom stereocenters. The number of rotatable bonds is 9. The summed E-state index contributed by atoms with van der Waals surface area (Å²) in [5.74, 6) is 0.0331. The van der Waals surface area contributed by atoms with Gasteiger partial charge in [0.2, 0.25) is 5.91 Å². The number of methoxy groups -OCH3 is 1. The van der Waals surface area contributed by atoms with Crippen LogP contribution in [-0.4, -0.2) is 42.7 Å². The second-order valence-electron chi connectivity index (χ2n) is 7.33. The molecular weight excluding hydrogens is 332 g/mol. The van der Waals surface area contributed by atoms with Crippen LogP contribution in [0.1, 0.15) is 51.4 Å². The van der Waals surface area contributed by atoms with E-state index in [0.29, 0.717) is 17.9 Å². The van der Waals surface area contributed by atoms with Crippen molar-refractivity contribution in [3.63, 3.8) is 0 Å². The third-order valence-corrected chi connectivity index (χ3v) is 5.07. The molecule has 0 radical (unpaired) electrons. The fourth-order valence-electron chi connectivity index (χ4n) is 2.47. The number of carbonyl (C=O) groups excluding carboxylic acids is 2. The largest absolute Gasteiger partial charge is 0.497 e. The topological polar surface area (TPSA) is 87.7 Å². The van der Waals surface area contributed by atoms with Crippen LogP contribution in [0.2, 0.25) is 0 Å². The summed E-state index contributed by atoms with van der Waals surface area (Å²) < 4.78 is 5.08. The van der Waals surface area contributed by atoms with Gasteiger partial charge in [0, 0.05) is 17.5 Å². The number of carbonyl (C=O) groups is 2. The molecule has 0 bridgehead atoms. The van der Waals surface area contributed by atoms with E-state index in [9.17, 15) is 14.7 Å². The molecule has 0 aliphatic carbocycles. The van der Waals surface area contributed by atoms with Crippen molar-refractivity contribution in [1.82, 2.24) is 10.6 Å². The van der Waals surface area contributed by atoms with Crippen molar-refractivity contribution in [2.24, 2.45) is 11.3 Å². The molecule has 1 rings (SSSR count). The molecule has 6 heteroatoms. The molecule has 26 heavy (non-hydrogen) atoms. The van der Waals surface area contributed by atoms with Crippen molar-refractivity contribution >= 4 is 11.8 Å². The van der Waals surface area contributed by atoms with Gasteiger partial charge in [-0.1, -0.05) is 27.7 Å². The fraction of sp³-hybridized carbons (Fsp3) is 0.600. The van der Waals surface area contributed by atoms with Gasteiger partial charge in [-0.05, 0) is 43.5 Å². The predicted molar refractivity (Wildman–Crippen MR) is 102 cm³/mol. The molecule has 6 nitrogen and oxygen atoms in total. The molecular formula is C20H32N2O4. The van der Waals surface area contributed by atoms with Gasteiger partial charge in [0.1, 0.15) is 11.8 Å². The van der Waals surface area contributed by atoms with Crippen molar-refractivity contribution in [1.29, 1.82) is 0 Å². The van der Waals surface area contributed by atoms with Crippen LogP contribution in [0.15, 0.2) is 24.3 Å². The molecule has 0 heterocycles. The van der Waals surface area contributed by atoms with Gasteiger partial charge < -0.3 is 20.5 Å². The molecule has 0 aliphatic rings. The highest BCUT2D eigenvalue weighted by atomic mass is 16.5. The summed E-state index contributed by atoms with van der Waals surface area (Å²) in [7, 11) is 1.56. The summed E-state index contributed by atoms with van der Waals surface area (Å²) in [6.07, 6.45) is 0.189. The molecule has 0 unspecified atom stereocenters. The molecule has 0 spiro atoms. The Balaban J connectivity index is 2.78. The van der Waals surface area contributed by atoms with E-state index in [4.69, 9.17) is 4.74 Å². The van der Waals surface area contributed by atoms with E-state index in [1.807, 2.05) is 27.7 Å². The summed E-state index contributed by atoms with van der Waals surface area (Å²) in [5.41, 5.74) is 0.0589. The number of benzene rings is 1. The zero-order chi connectivity index (χ0) is 19.9. The molecule has 0 aromatic heterocycles. The van der Waals surface area contributed by atoms with Crippen LogP contribution in [-0.2, 0) is 4.79 Å². The zero-order valence-corrected chi connectivity index (χ0v) is 16.6. The van der Waals surface area contributed by atoms with Gasteiger partial charge in [-0.3, -0.25) is 9.59 Å². The first-order chi connectivity index (χ1) is 12.1. The Morgan fingerprint density at radius 2 is 1.77 bits per heavy atom. The number of amides is 2. The summed E-state index contributed by atoms with van der Waals surface area (Å²) in [5, 5.41) is 15.6. The van der Waals surface area contributed by atoms with Crippen molar-refractivity contribution in [2.45, 2.75) is 53.2 Å². The van der Waals surface area contributed by atoms with Gasteiger partial charge in [0.05, 0.1) is 13.2 Å². The van der Waals surface area contributed by atoms with E-state index in [1.165, 1.54) is 0 Å². The van der Waals surface area contributed by atoms with E-state index in [2.05, 4.69) is 10.6 Å². The van der Waals surface area contributed by atoms with Crippen molar-refractivity contribution in [2.75, 3.05) is 13.7 Å². The van der Waals surface area contributed by atoms with Crippen LogP contribution >= 0.6 is 0 Å². The summed E-state index contributed by atoms with van der Waals surface area (Å²) in [6, 6.07) is 6.07. The van der Waals surface area contributed by atoms with E-state index >= 15 is 0 Å². The zero-order valence-electron chi connectivity index (χ0n) is 16.6. The maximum absolute atomic E-state index is 12.6. The lowest BCUT2D eigenvalue weighted by molar-refractivity contribution is -0.124. The summed E-state index contributed by atoms with van der Waals surface area (Å²) in [4.78, 5) is 25.1. The van der Waals surface area contributed by atoms with Crippen molar-refractivity contribution < 1.29 is 19.4 Å². The normalized spacial score (nSPS) is 15.7. The van der Waals surface area contributed by atoms with Crippen LogP contribution in [0.5, 0.6) is 5.75 Å². The van der Waals surface area contributed by atoms with Crippen LogP contribution in [0.4, 0.5) is 0 Å². The molecule has 0 aliphatic heterocycles. The van der Waals surface area contributed by atoms with E-state index in [-0.39, 0.29) is 17.7 Å². The Morgan fingerprint density at radius 3 is 2.19 bits per heavy atom. The minimum atomic E-state index is -0.653. The molecule has 0 saturated heterocycles. The van der Waals surface area contributed by atoms with Gasteiger partial charge in [-0.2, -0.15) is 0 Å². The van der Waals surface area contributed by atoms with Gasteiger partial charge in [-0.25, -0.2) is 0 Å². The smallest absolute Gasteiger partial charge is 0.251 e. The van der Waals surface area contributed by atoms with Crippen LogP contribution < -0.4 is 15.4 Å². The van der Waals surface area contributed by atoms with E-state index in [1.54, 1.807) is 38.3 Å². The molecule has 3 N–H and O–H groups in total. The third-order valence-electron chi connectivity index (χ3n) is 5.07. The van der Waals surface area contributed by atoms with Crippen LogP contribution in [0.25, 0.3) is 0 Å². The Labute approximate surface area is 156 Å². The number of aliphatic hydroxyl groups is 1. The maximum Gasteiger partial charge on any atom is 0.251 e. The Kier molecular flexibility index (Phi) is 8.08. The van der Waals surface area contributed by atoms with Gasteiger partial charge in [-0.15, -0.1) is 0 Å².